The average molecular weight is 547 g/mol. The quantitative estimate of drug-likeness (QED) is 0.384. The fraction of sp³-hybridized carbons (Fsp3) is 0.370. The number of aliphatic imine (C=N–C) groups is 1. The van der Waals surface area contributed by atoms with Crippen molar-refractivity contribution < 1.29 is 14.3 Å². The number of halogens is 2. The molecule has 2 aromatic carbocycles. The van der Waals surface area contributed by atoms with Gasteiger partial charge in [-0.2, -0.15) is 0 Å². The Morgan fingerprint density at radius 1 is 1.11 bits per heavy atom. The molecule has 2 aromatic rings. The number of benzene rings is 2. The van der Waals surface area contributed by atoms with Crippen molar-refractivity contribution >= 4 is 52.0 Å². The number of fused-ring (bicyclic) bond motifs is 1. The van der Waals surface area contributed by atoms with E-state index in [0.29, 0.717) is 15.0 Å². The fourth-order valence-electron chi connectivity index (χ4n) is 4.71. The van der Waals surface area contributed by atoms with Gasteiger partial charge in [-0.05, 0) is 66.9 Å². The lowest BCUT2D eigenvalue weighted by atomic mass is 9.81. The SMILES string of the molecule is CCOC(=O)CN(C)C(=O)C1=C(C(C)C)N2C(=NC(C)(c3ccc(Cl)cc3)C2c2ccc(Cl)cc2)S1. The molecule has 0 radical (unpaired) electrons. The lowest BCUT2D eigenvalue weighted by Gasteiger charge is -2.37. The summed E-state index contributed by atoms with van der Waals surface area (Å²) >= 11 is 13.8. The first-order valence-electron chi connectivity index (χ1n) is 11.8. The summed E-state index contributed by atoms with van der Waals surface area (Å²) in [6.07, 6.45) is 0. The molecule has 0 N–H and O–H groups in total. The molecule has 0 aromatic heterocycles. The summed E-state index contributed by atoms with van der Waals surface area (Å²) in [6, 6.07) is 15.3. The Labute approximate surface area is 226 Å². The Bertz CT molecular complexity index is 1230. The largest absolute Gasteiger partial charge is 0.465 e. The first kappa shape index (κ1) is 26.6. The maximum atomic E-state index is 13.5. The zero-order valence-electron chi connectivity index (χ0n) is 20.9. The van der Waals surface area contributed by atoms with Crippen LogP contribution in [0.15, 0.2) is 64.1 Å². The number of allylic oxidation sites excluding steroid dienone is 1. The Kier molecular flexibility index (Phi) is 7.74. The van der Waals surface area contributed by atoms with Crippen LogP contribution in [0.5, 0.6) is 0 Å². The van der Waals surface area contributed by atoms with Crippen molar-refractivity contribution in [3.05, 3.63) is 80.3 Å². The summed E-state index contributed by atoms with van der Waals surface area (Å²) in [5.41, 5.74) is 2.30. The van der Waals surface area contributed by atoms with Gasteiger partial charge in [0.25, 0.3) is 5.91 Å². The van der Waals surface area contributed by atoms with Gasteiger partial charge in [0.2, 0.25) is 0 Å². The van der Waals surface area contributed by atoms with Crippen LogP contribution in [0.2, 0.25) is 10.0 Å². The van der Waals surface area contributed by atoms with E-state index in [1.807, 2.05) is 48.5 Å². The molecule has 9 heteroatoms. The Hall–Kier alpha value is -2.48. The number of hydrogen-bond acceptors (Lipinski definition) is 6. The molecule has 0 aliphatic carbocycles. The summed E-state index contributed by atoms with van der Waals surface area (Å²) in [5.74, 6) is -0.630. The van der Waals surface area contributed by atoms with Gasteiger partial charge >= 0.3 is 5.97 Å². The minimum atomic E-state index is -0.633. The zero-order valence-corrected chi connectivity index (χ0v) is 23.2. The number of amidine groups is 1. The maximum absolute atomic E-state index is 13.5. The van der Waals surface area contributed by atoms with Crippen molar-refractivity contribution in [2.45, 2.75) is 39.3 Å². The Balaban J connectivity index is 1.80. The van der Waals surface area contributed by atoms with Crippen molar-refractivity contribution in [1.82, 2.24) is 9.80 Å². The van der Waals surface area contributed by atoms with Crippen LogP contribution >= 0.6 is 35.0 Å². The molecule has 0 fully saturated rings. The third kappa shape index (κ3) is 4.89. The van der Waals surface area contributed by atoms with E-state index in [1.165, 1.54) is 16.7 Å². The lowest BCUT2D eigenvalue weighted by molar-refractivity contribution is -0.147. The lowest BCUT2D eigenvalue weighted by Crippen LogP contribution is -2.37. The molecule has 36 heavy (non-hydrogen) atoms. The minimum Gasteiger partial charge on any atom is -0.465 e. The van der Waals surface area contributed by atoms with E-state index in [0.717, 1.165) is 22.0 Å². The summed E-state index contributed by atoms with van der Waals surface area (Å²) in [5, 5.41) is 2.06. The molecule has 190 valence electrons. The molecule has 4 rings (SSSR count). The molecule has 2 aliphatic rings. The topological polar surface area (TPSA) is 62.2 Å². The summed E-state index contributed by atoms with van der Waals surface area (Å²) < 4.78 is 5.03. The number of nitrogens with zero attached hydrogens (tertiary/aromatic N) is 3. The first-order valence-corrected chi connectivity index (χ1v) is 13.4. The number of thioether (sulfide) groups is 1. The Morgan fingerprint density at radius 3 is 2.25 bits per heavy atom. The molecule has 2 unspecified atom stereocenters. The van der Waals surface area contributed by atoms with Crippen LogP contribution in [0.25, 0.3) is 0 Å². The predicted molar refractivity (Wildman–Crippen MR) is 146 cm³/mol. The smallest absolute Gasteiger partial charge is 0.325 e. The number of ether oxygens (including phenoxy) is 1. The van der Waals surface area contributed by atoms with E-state index in [9.17, 15) is 9.59 Å². The van der Waals surface area contributed by atoms with Crippen molar-refractivity contribution in [3.63, 3.8) is 0 Å². The molecule has 2 heterocycles. The Morgan fingerprint density at radius 2 is 1.69 bits per heavy atom. The second kappa shape index (κ2) is 10.5. The highest BCUT2D eigenvalue weighted by molar-refractivity contribution is 8.18. The molecule has 6 nitrogen and oxygen atoms in total. The van der Waals surface area contributed by atoms with Crippen molar-refractivity contribution in [3.8, 4) is 0 Å². The van der Waals surface area contributed by atoms with Gasteiger partial charge in [0, 0.05) is 22.8 Å². The van der Waals surface area contributed by atoms with Gasteiger partial charge in [-0.15, -0.1) is 0 Å². The molecule has 0 saturated carbocycles. The molecule has 2 atom stereocenters. The van der Waals surface area contributed by atoms with E-state index >= 15 is 0 Å². The van der Waals surface area contributed by atoms with Gasteiger partial charge in [0.1, 0.15) is 17.0 Å². The second-order valence-electron chi connectivity index (χ2n) is 9.31. The third-order valence-corrected chi connectivity index (χ3v) is 7.95. The molecule has 2 aliphatic heterocycles. The third-order valence-electron chi connectivity index (χ3n) is 6.38. The van der Waals surface area contributed by atoms with Crippen LogP contribution < -0.4 is 0 Å². The van der Waals surface area contributed by atoms with E-state index in [2.05, 4.69) is 25.7 Å². The number of likely N-dealkylation sites (N-methyl/N-ethyl adjacent to an activating group) is 1. The molecular weight excluding hydrogens is 517 g/mol. The molecule has 0 spiro atoms. The minimum absolute atomic E-state index is 0.0301. The van der Waals surface area contributed by atoms with Crippen LogP contribution in [0, 0.1) is 5.92 Å². The van der Waals surface area contributed by atoms with Gasteiger partial charge in [-0.25, -0.2) is 4.99 Å². The van der Waals surface area contributed by atoms with Crippen LogP contribution in [0.1, 0.15) is 44.9 Å². The maximum Gasteiger partial charge on any atom is 0.325 e. The average Bonchev–Trinajstić information content (AvgIpc) is 3.32. The highest BCUT2D eigenvalue weighted by atomic mass is 35.5. The van der Waals surface area contributed by atoms with Gasteiger partial charge in [0.15, 0.2) is 5.17 Å². The normalized spacial score (nSPS) is 21.1. The van der Waals surface area contributed by atoms with E-state index in [1.54, 1.807) is 14.0 Å². The number of carbonyl (C=O) groups is 2. The van der Waals surface area contributed by atoms with Gasteiger partial charge < -0.3 is 14.5 Å². The number of amides is 1. The van der Waals surface area contributed by atoms with Gasteiger partial charge in [-0.3, -0.25) is 9.59 Å². The molecule has 0 saturated heterocycles. The van der Waals surface area contributed by atoms with Crippen LogP contribution in [0.3, 0.4) is 0 Å². The fourth-order valence-corrected chi connectivity index (χ4v) is 6.36. The van der Waals surface area contributed by atoms with E-state index in [-0.39, 0.29) is 31.0 Å². The standard InChI is InChI=1S/C27H29Cl2N3O3S/c1-6-35-21(33)15-31(5)25(34)23-22(16(2)3)32-24(17-7-11-19(28)12-8-17)27(4,30-26(32)36-23)18-9-13-20(29)14-10-18/h7-14,16,24H,6,15H2,1-5H3. The summed E-state index contributed by atoms with van der Waals surface area (Å²) in [6.45, 7) is 8.13. The van der Waals surface area contributed by atoms with Crippen molar-refractivity contribution in [2.24, 2.45) is 10.9 Å². The van der Waals surface area contributed by atoms with Crippen molar-refractivity contribution in [1.29, 1.82) is 0 Å². The first-order chi connectivity index (χ1) is 17.1. The van der Waals surface area contributed by atoms with Crippen LogP contribution in [-0.2, 0) is 19.9 Å². The second-order valence-corrected chi connectivity index (χ2v) is 11.2. The number of hydrogen-bond donors (Lipinski definition) is 0. The molecular formula is C27H29Cl2N3O3S. The monoisotopic (exact) mass is 545 g/mol. The van der Waals surface area contributed by atoms with Crippen LogP contribution in [0.4, 0.5) is 0 Å². The number of esters is 1. The number of rotatable bonds is 7. The molecule has 1 amide bonds. The highest BCUT2D eigenvalue weighted by Crippen LogP contribution is 2.56. The zero-order chi connectivity index (χ0) is 26.2. The van der Waals surface area contributed by atoms with Gasteiger partial charge in [-0.1, -0.05) is 61.3 Å². The van der Waals surface area contributed by atoms with Gasteiger partial charge in [0.05, 0.1) is 12.6 Å². The summed E-state index contributed by atoms with van der Waals surface area (Å²) in [7, 11) is 1.62. The predicted octanol–water partition coefficient (Wildman–Crippen LogP) is 6.26. The van der Waals surface area contributed by atoms with E-state index < -0.39 is 11.5 Å². The molecule has 0 bridgehead atoms. The van der Waals surface area contributed by atoms with E-state index in [4.69, 9.17) is 32.9 Å². The number of carbonyl (C=O) groups excluding carboxylic acids is 2. The summed E-state index contributed by atoms with van der Waals surface area (Å²) in [4.78, 5) is 34.9. The van der Waals surface area contributed by atoms with Crippen molar-refractivity contribution in [2.75, 3.05) is 20.2 Å². The van der Waals surface area contributed by atoms with Crippen LogP contribution in [-0.4, -0.2) is 47.0 Å². The highest BCUT2D eigenvalue weighted by Gasteiger charge is 2.53.